The van der Waals surface area contributed by atoms with Gasteiger partial charge in [0.05, 0.1) is 0 Å². The summed E-state index contributed by atoms with van der Waals surface area (Å²) in [6.07, 6.45) is 2.81. The largest absolute Gasteiger partial charge is 0.438 e. The summed E-state index contributed by atoms with van der Waals surface area (Å²) in [4.78, 5) is 7.72. The van der Waals surface area contributed by atoms with Crippen molar-refractivity contribution in [3.05, 3.63) is 47.4 Å². The Bertz CT molecular complexity index is 575. The molecule has 1 aromatic carbocycles. The number of aryl methyl sites for hydroxylation is 1. The van der Waals surface area contributed by atoms with E-state index in [1.807, 2.05) is 0 Å². The molecule has 2 N–H and O–H groups in total. The molecule has 2 rings (SSSR count). The Hall–Kier alpha value is -2.08. The van der Waals surface area contributed by atoms with Crippen LogP contribution in [0.1, 0.15) is 11.1 Å². The highest BCUT2D eigenvalue weighted by Crippen LogP contribution is 2.27. The van der Waals surface area contributed by atoms with Gasteiger partial charge in [0.25, 0.3) is 0 Å². The lowest BCUT2D eigenvalue weighted by atomic mass is 10.2. The zero-order chi connectivity index (χ0) is 13.1. The highest BCUT2D eigenvalue weighted by atomic mass is 19.2. The maximum absolute atomic E-state index is 13.1. The van der Waals surface area contributed by atoms with E-state index in [0.717, 1.165) is 12.1 Å². The monoisotopic (exact) mass is 251 g/mol. The van der Waals surface area contributed by atoms with Gasteiger partial charge in [-0.3, -0.25) is 0 Å². The van der Waals surface area contributed by atoms with Crippen molar-refractivity contribution in [3.8, 4) is 11.6 Å². The standard InChI is InChI=1S/C12H11F2N3O/c1-7-2-9(13)10(14)3-11(7)18-12-8(4-15)5-16-6-17-12/h2-3,5-6H,4,15H2,1H3. The molecule has 4 nitrogen and oxygen atoms in total. The second kappa shape index (κ2) is 5.05. The average molecular weight is 251 g/mol. The predicted molar refractivity (Wildman–Crippen MR) is 61.1 cm³/mol. The van der Waals surface area contributed by atoms with E-state index in [-0.39, 0.29) is 18.2 Å². The van der Waals surface area contributed by atoms with Crippen molar-refractivity contribution in [2.24, 2.45) is 5.73 Å². The van der Waals surface area contributed by atoms with Crippen LogP contribution < -0.4 is 10.5 Å². The first kappa shape index (κ1) is 12.4. The number of ether oxygens (including phenoxy) is 1. The second-order valence-corrected chi connectivity index (χ2v) is 3.69. The van der Waals surface area contributed by atoms with Gasteiger partial charge in [0.15, 0.2) is 11.6 Å². The van der Waals surface area contributed by atoms with Crippen molar-refractivity contribution >= 4 is 0 Å². The van der Waals surface area contributed by atoms with Crippen LogP contribution in [0.2, 0.25) is 0 Å². The molecule has 0 aliphatic rings. The minimum atomic E-state index is -0.973. The van der Waals surface area contributed by atoms with Crippen molar-refractivity contribution in [1.29, 1.82) is 0 Å². The molecule has 0 aliphatic carbocycles. The number of nitrogens with zero attached hydrogens (tertiary/aromatic N) is 2. The van der Waals surface area contributed by atoms with Gasteiger partial charge >= 0.3 is 0 Å². The molecule has 94 valence electrons. The molecule has 0 amide bonds. The van der Waals surface area contributed by atoms with Crippen molar-refractivity contribution in [1.82, 2.24) is 9.97 Å². The molecule has 0 bridgehead atoms. The third kappa shape index (κ3) is 2.43. The van der Waals surface area contributed by atoms with Gasteiger partial charge in [-0.05, 0) is 18.6 Å². The highest BCUT2D eigenvalue weighted by Gasteiger charge is 2.11. The summed E-state index contributed by atoms with van der Waals surface area (Å²) >= 11 is 0. The van der Waals surface area contributed by atoms with Crippen molar-refractivity contribution in [3.63, 3.8) is 0 Å². The topological polar surface area (TPSA) is 61.0 Å². The number of hydrogen-bond donors (Lipinski definition) is 1. The molecule has 0 spiro atoms. The molecule has 6 heteroatoms. The zero-order valence-corrected chi connectivity index (χ0v) is 9.65. The first-order valence-electron chi connectivity index (χ1n) is 5.24. The second-order valence-electron chi connectivity index (χ2n) is 3.69. The van der Waals surface area contributed by atoms with E-state index < -0.39 is 11.6 Å². The van der Waals surface area contributed by atoms with Crippen molar-refractivity contribution < 1.29 is 13.5 Å². The SMILES string of the molecule is Cc1cc(F)c(F)cc1Oc1ncncc1CN. The Morgan fingerprint density at radius 2 is 2.00 bits per heavy atom. The van der Waals surface area contributed by atoms with Gasteiger partial charge in [-0.25, -0.2) is 18.7 Å². The summed E-state index contributed by atoms with van der Waals surface area (Å²) < 4.78 is 31.5. The van der Waals surface area contributed by atoms with E-state index in [9.17, 15) is 8.78 Å². The van der Waals surface area contributed by atoms with Gasteiger partial charge in [0, 0.05) is 24.4 Å². The lowest BCUT2D eigenvalue weighted by Crippen LogP contribution is -2.03. The Morgan fingerprint density at radius 3 is 2.72 bits per heavy atom. The predicted octanol–water partition coefficient (Wildman–Crippen LogP) is 2.31. The Labute approximate surface area is 102 Å². The lowest BCUT2D eigenvalue weighted by Gasteiger charge is -2.10. The van der Waals surface area contributed by atoms with Gasteiger partial charge in [0.2, 0.25) is 5.88 Å². The van der Waals surface area contributed by atoms with Gasteiger partial charge in [-0.15, -0.1) is 0 Å². The van der Waals surface area contributed by atoms with Gasteiger partial charge in [-0.1, -0.05) is 0 Å². The smallest absolute Gasteiger partial charge is 0.226 e. The van der Waals surface area contributed by atoms with E-state index in [0.29, 0.717) is 11.1 Å². The van der Waals surface area contributed by atoms with E-state index in [1.165, 1.54) is 12.5 Å². The van der Waals surface area contributed by atoms with Crippen molar-refractivity contribution in [2.75, 3.05) is 0 Å². The molecule has 2 aromatic rings. The molecule has 0 unspecified atom stereocenters. The van der Waals surface area contributed by atoms with E-state index in [1.54, 1.807) is 6.92 Å². The number of halogens is 2. The third-order valence-electron chi connectivity index (χ3n) is 2.39. The fraction of sp³-hybridized carbons (Fsp3) is 0.167. The summed E-state index contributed by atoms with van der Waals surface area (Å²) in [5.74, 6) is -1.45. The number of hydrogen-bond acceptors (Lipinski definition) is 4. The number of nitrogens with two attached hydrogens (primary N) is 1. The molecule has 1 aromatic heterocycles. The minimum Gasteiger partial charge on any atom is -0.438 e. The van der Waals surface area contributed by atoms with Crippen LogP contribution in [0.25, 0.3) is 0 Å². The molecule has 0 atom stereocenters. The summed E-state index contributed by atoms with van der Waals surface area (Å²) in [6.45, 7) is 1.81. The zero-order valence-electron chi connectivity index (χ0n) is 9.65. The first-order chi connectivity index (χ1) is 8.61. The van der Waals surface area contributed by atoms with Crippen LogP contribution in [0, 0.1) is 18.6 Å². The number of aromatic nitrogens is 2. The van der Waals surface area contributed by atoms with E-state index in [4.69, 9.17) is 10.5 Å². The Kier molecular flexibility index (Phi) is 3.47. The van der Waals surface area contributed by atoms with Crippen LogP contribution in [0.3, 0.4) is 0 Å². The number of rotatable bonds is 3. The van der Waals surface area contributed by atoms with Crippen LogP contribution in [-0.4, -0.2) is 9.97 Å². The van der Waals surface area contributed by atoms with Crippen LogP contribution in [-0.2, 0) is 6.54 Å². The van der Waals surface area contributed by atoms with Gasteiger partial charge in [0.1, 0.15) is 12.1 Å². The van der Waals surface area contributed by atoms with Gasteiger partial charge < -0.3 is 10.5 Å². The first-order valence-corrected chi connectivity index (χ1v) is 5.24. The molecule has 1 heterocycles. The molecular weight excluding hydrogens is 240 g/mol. The molecule has 0 fully saturated rings. The third-order valence-corrected chi connectivity index (χ3v) is 2.39. The fourth-order valence-corrected chi connectivity index (χ4v) is 1.42. The average Bonchev–Trinajstić information content (AvgIpc) is 2.36. The molecule has 0 aliphatic heterocycles. The van der Waals surface area contributed by atoms with Crippen LogP contribution in [0.5, 0.6) is 11.6 Å². The maximum atomic E-state index is 13.1. The Balaban J connectivity index is 2.37. The maximum Gasteiger partial charge on any atom is 0.226 e. The van der Waals surface area contributed by atoms with Crippen LogP contribution >= 0.6 is 0 Å². The van der Waals surface area contributed by atoms with Crippen molar-refractivity contribution in [2.45, 2.75) is 13.5 Å². The summed E-state index contributed by atoms with van der Waals surface area (Å²) in [5.41, 5.74) is 6.56. The Morgan fingerprint density at radius 1 is 1.28 bits per heavy atom. The normalized spacial score (nSPS) is 10.4. The molecule has 0 saturated carbocycles. The quantitative estimate of drug-likeness (QED) is 0.909. The van der Waals surface area contributed by atoms with Crippen LogP contribution in [0.4, 0.5) is 8.78 Å². The lowest BCUT2D eigenvalue weighted by molar-refractivity contribution is 0.437. The fourth-order valence-electron chi connectivity index (χ4n) is 1.42. The van der Waals surface area contributed by atoms with Crippen LogP contribution in [0.15, 0.2) is 24.7 Å². The summed E-state index contributed by atoms with van der Waals surface area (Å²) in [6, 6.07) is 2.04. The molecule has 0 radical (unpaired) electrons. The molecule has 0 saturated heterocycles. The van der Waals surface area contributed by atoms with E-state index in [2.05, 4.69) is 9.97 Å². The number of benzene rings is 1. The van der Waals surface area contributed by atoms with E-state index >= 15 is 0 Å². The highest BCUT2D eigenvalue weighted by molar-refractivity contribution is 5.37. The summed E-state index contributed by atoms with van der Waals surface area (Å²) in [5, 5.41) is 0. The minimum absolute atomic E-state index is 0.193. The summed E-state index contributed by atoms with van der Waals surface area (Å²) in [7, 11) is 0. The van der Waals surface area contributed by atoms with Gasteiger partial charge in [-0.2, -0.15) is 0 Å². The molecular formula is C12H11F2N3O. The molecule has 18 heavy (non-hydrogen) atoms.